The molecule has 1 fully saturated rings. The minimum atomic E-state index is -2.10. The highest BCUT2D eigenvalue weighted by Gasteiger charge is 2.48. The molecule has 0 saturated carbocycles. The van der Waals surface area contributed by atoms with E-state index >= 15 is 0 Å². The summed E-state index contributed by atoms with van der Waals surface area (Å²) in [6.07, 6.45) is -4.16. The Kier molecular flexibility index (Phi) is 3.70. The van der Waals surface area contributed by atoms with E-state index in [1.807, 2.05) is 0 Å². The van der Waals surface area contributed by atoms with Gasteiger partial charge in [-0.3, -0.25) is 4.57 Å². The van der Waals surface area contributed by atoms with Crippen LogP contribution in [0.25, 0.3) is 11.2 Å². The fourth-order valence-corrected chi connectivity index (χ4v) is 2.57. The van der Waals surface area contributed by atoms with E-state index in [4.69, 9.17) is 10.5 Å². The Morgan fingerprint density at radius 1 is 1.52 bits per heavy atom. The molecule has 3 heterocycles. The van der Waals surface area contributed by atoms with Crippen LogP contribution in [0.5, 0.6) is 0 Å². The van der Waals surface area contributed by atoms with E-state index in [1.54, 1.807) is 0 Å². The number of rotatable bonds is 3. The van der Waals surface area contributed by atoms with Crippen LogP contribution in [-0.2, 0) is 4.74 Å². The molecule has 0 bridgehead atoms. The Labute approximate surface area is 127 Å². The first-order valence-corrected chi connectivity index (χ1v) is 6.52. The van der Waals surface area contributed by atoms with E-state index in [0.29, 0.717) is 6.08 Å². The van der Waals surface area contributed by atoms with Gasteiger partial charge in [0, 0.05) is 12.5 Å². The first-order valence-electron chi connectivity index (χ1n) is 6.52. The maximum atomic E-state index is 13.3. The molecule has 23 heavy (non-hydrogen) atoms. The van der Waals surface area contributed by atoms with Crippen molar-refractivity contribution in [2.24, 2.45) is 0 Å². The number of halogens is 3. The third kappa shape index (κ3) is 2.52. The average Bonchev–Trinajstić information content (AvgIpc) is 3.01. The van der Waals surface area contributed by atoms with Gasteiger partial charge in [-0.05, 0) is 0 Å². The van der Waals surface area contributed by atoms with Gasteiger partial charge in [-0.2, -0.15) is 23.1 Å². The summed E-state index contributed by atoms with van der Waals surface area (Å²) in [6, 6.07) is 0. The van der Waals surface area contributed by atoms with Crippen LogP contribution in [0.4, 0.5) is 19.0 Å². The van der Waals surface area contributed by atoms with Crippen LogP contribution in [0.3, 0.4) is 0 Å². The Balaban J connectivity index is 2.03. The van der Waals surface area contributed by atoms with E-state index in [1.165, 1.54) is 10.9 Å². The number of hydrogen-bond acceptors (Lipinski definition) is 7. The SMILES string of the molecule is Nc1nc(F)nc2c1ncn2[C@H]1C[C@H](O)[C@@](C=C(F)F)(CO)O1. The van der Waals surface area contributed by atoms with Crippen LogP contribution in [0, 0.1) is 6.08 Å². The second-order valence-electron chi connectivity index (χ2n) is 5.07. The zero-order chi connectivity index (χ0) is 16.8. The standard InChI is InChI=1S/C12H12F3N5O3/c13-6(14)2-12(3-21)5(22)1-7(23-12)20-4-17-8-9(16)18-11(15)19-10(8)20/h2,4-5,7,21-22H,1,3H2,(H2,16,18,19)/t5-,7+,12+/m0/s1. The van der Waals surface area contributed by atoms with Gasteiger partial charge < -0.3 is 20.7 Å². The summed E-state index contributed by atoms with van der Waals surface area (Å²) < 4.78 is 45.1. The molecule has 124 valence electrons. The van der Waals surface area contributed by atoms with Gasteiger partial charge in [0.25, 0.3) is 6.08 Å². The molecule has 3 atom stereocenters. The normalized spacial score (nSPS) is 27.5. The summed E-state index contributed by atoms with van der Waals surface area (Å²) in [5.74, 6) is -0.187. The lowest BCUT2D eigenvalue weighted by Gasteiger charge is -2.25. The molecule has 0 aromatic carbocycles. The molecule has 2 aromatic heterocycles. The second-order valence-corrected chi connectivity index (χ2v) is 5.07. The summed E-state index contributed by atoms with van der Waals surface area (Å²) in [6.45, 7) is -0.861. The van der Waals surface area contributed by atoms with Crippen molar-refractivity contribution in [1.29, 1.82) is 0 Å². The Morgan fingerprint density at radius 3 is 2.91 bits per heavy atom. The second kappa shape index (κ2) is 5.44. The van der Waals surface area contributed by atoms with Gasteiger partial charge in [-0.1, -0.05) is 0 Å². The third-order valence-electron chi connectivity index (χ3n) is 3.68. The Hall–Kier alpha value is -2.24. The molecule has 0 aliphatic carbocycles. The van der Waals surface area contributed by atoms with Crippen molar-refractivity contribution in [2.45, 2.75) is 24.4 Å². The van der Waals surface area contributed by atoms with Crippen LogP contribution >= 0.6 is 0 Å². The maximum Gasteiger partial charge on any atom is 0.312 e. The van der Waals surface area contributed by atoms with E-state index in [0.717, 1.165) is 0 Å². The van der Waals surface area contributed by atoms with Crippen molar-refractivity contribution < 1.29 is 28.1 Å². The number of nitrogen functional groups attached to an aromatic ring is 1. The van der Waals surface area contributed by atoms with Crippen molar-refractivity contribution in [3.63, 3.8) is 0 Å². The predicted molar refractivity (Wildman–Crippen MR) is 70.6 cm³/mol. The molecule has 3 rings (SSSR count). The summed E-state index contributed by atoms with van der Waals surface area (Å²) in [5, 5.41) is 19.4. The van der Waals surface area contributed by atoms with E-state index in [2.05, 4.69) is 15.0 Å². The molecule has 1 saturated heterocycles. The minimum Gasteiger partial charge on any atom is -0.393 e. The number of ether oxygens (including phenoxy) is 1. The van der Waals surface area contributed by atoms with Gasteiger partial charge in [0.1, 0.15) is 11.8 Å². The molecular weight excluding hydrogens is 319 g/mol. The number of fused-ring (bicyclic) bond motifs is 1. The van der Waals surface area contributed by atoms with Gasteiger partial charge in [0.2, 0.25) is 0 Å². The molecule has 1 aliphatic heterocycles. The summed E-state index contributed by atoms with van der Waals surface area (Å²) in [7, 11) is 0. The van der Waals surface area contributed by atoms with Crippen LogP contribution in [-0.4, -0.2) is 48.0 Å². The van der Waals surface area contributed by atoms with E-state index < -0.39 is 36.7 Å². The molecule has 11 heteroatoms. The van der Waals surface area contributed by atoms with Crippen molar-refractivity contribution in [2.75, 3.05) is 12.3 Å². The molecule has 0 radical (unpaired) electrons. The first-order chi connectivity index (χ1) is 10.9. The van der Waals surface area contributed by atoms with Crippen LogP contribution in [0.1, 0.15) is 12.6 Å². The Bertz CT molecular complexity index is 779. The Morgan fingerprint density at radius 2 is 2.26 bits per heavy atom. The molecule has 0 spiro atoms. The number of imidazole rings is 1. The summed E-state index contributed by atoms with van der Waals surface area (Å²) in [5.41, 5.74) is 3.68. The third-order valence-corrected chi connectivity index (χ3v) is 3.68. The number of nitrogens with zero attached hydrogens (tertiary/aromatic N) is 4. The molecule has 0 amide bonds. The lowest BCUT2D eigenvalue weighted by atomic mass is 9.98. The monoisotopic (exact) mass is 331 g/mol. The zero-order valence-corrected chi connectivity index (χ0v) is 11.5. The highest BCUT2D eigenvalue weighted by atomic mass is 19.3. The van der Waals surface area contributed by atoms with E-state index in [9.17, 15) is 23.4 Å². The van der Waals surface area contributed by atoms with Crippen LogP contribution in [0.15, 0.2) is 18.5 Å². The fourth-order valence-electron chi connectivity index (χ4n) is 2.57. The molecule has 4 N–H and O–H groups in total. The van der Waals surface area contributed by atoms with Gasteiger partial charge >= 0.3 is 6.08 Å². The van der Waals surface area contributed by atoms with Crippen molar-refractivity contribution in [3.05, 3.63) is 24.6 Å². The molecule has 2 aromatic rings. The fraction of sp³-hybridized carbons (Fsp3) is 0.417. The van der Waals surface area contributed by atoms with Gasteiger partial charge in [-0.25, -0.2) is 4.98 Å². The minimum absolute atomic E-state index is 0.00867. The molecule has 0 unspecified atom stereocenters. The lowest BCUT2D eigenvalue weighted by Crippen LogP contribution is -2.41. The number of aliphatic hydroxyl groups excluding tert-OH is 2. The lowest BCUT2D eigenvalue weighted by molar-refractivity contribution is -0.0973. The summed E-state index contributed by atoms with van der Waals surface area (Å²) >= 11 is 0. The van der Waals surface area contributed by atoms with Crippen molar-refractivity contribution in [1.82, 2.24) is 19.5 Å². The number of aromatic nitrogens is 4. The summed E-state index contributed by atoms with van der Waals surface area (Å²) in [4.78, 5) is 10.8. The molecule has 1 aliphatic rings. The van der Waals surface area contributed by atoms with Crippen LogP contribution < -0.4 is 5.73 Å². The topological polar surface area (TPSA) is 119 Å². The smallest absolute Gasteiger partial charge is 0.312 e. The molecular formula is C12H12F3N5O3. The highest BCUT2D eigenvalue weighted by Crippen LogP contribution is 2.39. The van der Waals surface area contributed by atoms with Gasteiger partial charge in [0.05, 0.1) is 19.0 Å². The number of nitrogens with two attached hydrogens (primary N) is 1. The maximum absolute atomic E-state index is 13.3. The van der Waals surface area contributed by atoms with Gasteiger partial charge in [-0.15, -0.1) is 0 Å². The van der Waals surface area contributed by atoms with Crippen LogP contribution in [0.2, 0.25) is 0 Å². The largest absolute Gasteiger partial charge is 0.393 e. The number of hydrogen-bond donors (Lipinski definition) is 3. The zero-order valence-electron chi connectivity index (χ0n) is 11.5. The van der Waals surface area contributed by atoms with E-state index in [-0.39, 0.29) is 23.4 Å². The number of anilines is 1. The number of aliphatic hydroxyl groups is 2. The predicted octanol–water partition coefficient (Wildman–Crippen LogP) is 0.339. The van der Waals surface area contributed by atoms with Crippen molar-refractivity contribution in [3.8, 4) is 0 Å². The molecule has 8 nitrogen and oxygen atoms in total. The van der Waals surface area contributed by atoms with Crippen molar-refractivity contribution >= 4 is 17.0 Å². The highest BCUT2D eigenvalue weighted by molar-refractivity contribution is 5.81. The average molecular weight is 331 g/mol. The first kappa shape index (κ1) is 15.6. The quantitative estimate of drug-likeness (QED) is 0.694. The van der Waals surface area contributed by atoms with Gasteiger partial charge in [0.15, 0.2) is 17.0 Å².